The second-order valence-electron chi connectivity index (χ2n) is 9.65. The fourth-order valence-electron chi connectivity index (χ4n) is 4.51. The number of hydrogen-bond acceptors (Lipinski definition) is 6. The normalized spacial score (nSPS) is 14.7. The number of amides is 1. The van der Waals surface area contributed by atoms with E-state index in [1.165, 1.54) is 17.3 Å². The highest BCUT2D eigenvalue weighted by Crippen LogP contribution is 2.37. The van der Waals surface area contributed by atoms with Gasteiger partial charge in [0.15, 0.2) is 0 Å². The third-order valence-electron chi connectivity index (χ3n) is 6.60. The van der Waals surface area contributed by atoms with Crippen LogP contribution in [0.1, 0.15) is 49.4 Å². The molecule has 9 heteroatoms. The first-order chi connectivity index (χ1) is 18.8. The number of hydrogen-bond donors (Lipinski definition) is 2. The number of fused-ring (bicyclic) bond motifs is 1. The Hall–Kier alpha value is -3.75. The molecule has 3 aromatic carbocycles. The highest BCUT2D eigenvalue weighted by Gasteiger charge is 2.34. The molecule has 0 fully saturated rings. The van der Waals surface area contributed by atoms with Gasteiger partial charge >= 0.3 is 0 Å². The van der Waals surface area contributed by atoms with Crippen LogP contribution in [0.2, 0.25) is 5.02 Å². The predicted octanol–water partition coefficient (Wildman–Crippen LogP) is 7.28. The molecule has 0 aliphatic carbocycles. The molecule has 0 bridgehead atoms. The van der Waals surface area contributed by atoms with Crippen molar-refractivity contribution in [3.63, 3.8) is 0 Å². The summed E-state index contributed by atoms with van der Waals surface area (Å²) >= 11 is 7.68. The quantitative estimate of drug-likeness (QED) is 0.221. The number of nitrogens with one attached hydrogen (secondary N) is 2. The second-order valence-corrected chi connectivity index (χ2v) is 11.0. The minimum Gasteiger partial charge on any atom is -0.497 e. The van der Waals surface area contributed by atoms with E-state index < -0.39 is 6.04 Å². The van der Waals surface area contributed by atoms with Gasteiger partial charge in [0.05, 0.1) is 12.7 Å². The Labute approximate surface area is 237 Å². The van der Waals surface area contributed by atoms with Crippen LogP contribution in [0.15, 0.2) is 89.2 Å². The van der Waals surface area contributed by atoms with Gasteiger partial charge in [-0.25, -0.2) is 4.68 Å². The Bertz CT molecular complexity index is 1510. The SMILES string of the molecule is COc1ccc(NC(=O)C2=C(C)Nc3nc(SCc4cccc(Cl)c4)nn3[C@@H]2c2ccc(C(C)C)cc2)cc1. The van der Waals surface area contributed by atoms with Crippen LogP contribution in [-0.2, 0) is 10.5 Å². The number of methoxy groups -OCH3 is 1. The van der Waals surface area contributed by atoms with Gasteiger partial charge < -0.3 is 15.4 Å². The summed E-state index contributed by atoms with van der Waals surface area (Å²) in [5.41, 5.74) is 5.25. The highest BCUT2D eigenvalue weighted by molar-refractivity contribution is 7.98. The van der Waals surface area contributed by atoms with Crippen molar-refractivity contribution in [3.8, 4) is 5.75 Å². The number of carbonyl (C=O) groups is 1. The first-order valence-electron chi connectivity index (χ1n) is 12.7. The van der Waals surface area contributed by atoms with Crippen molar-refractivity contribution in [2.45, 2.75) is 43.6 Å². The maximum absolute atomic E-state index is 13.7. The summed E-state index contributed by atoms with van der Waals surface area (Å²) in [4.78, 5) is 18.5. The van der Waals surface area contributed by atoms with E-state index in [4.69, 9.17) is 26.4 Å². The number of ether oxygens (including phenoxy) is 1. The van der Waals surface area contributed by atoms with Crippen molar-refractivity contribution in [2.75, 3.05) is 17.7 Å². The van der Waals surface area contributed by atoms with E-state index in [1.54, 1.807) is 11.8 Å². The Morgan fingerprint density at radius 2 is 1.87 bits per heavy atom. The zero-order valence-electron chi connectivity index (χ0n) is 22.2. The molecule has 4 aromatic rings. The lowest BCUT2D eigenvalue weighted by atomic mass is 9.93. The third-order valence-corrected chi connectivity index (χ3v) is 7.75. The van der Waals surface area contributed by atoms with E-state index >= 15 is 0 Å². The molecule has 5 rings (SSSR count). The average Bonchev–Trinajstić information content (AvgIpc) is 3.34. The molecule has 0 radical (unpaired) electrons. The zero-order valence-corrected chi connectivity index (χ0v) is 23.8. The molecule has 2 N–H and O–H groups in total. The third kappa shape index (κ3) is 5.97. The molecule has 200 valence electrons. The molecule has 1 atom stereocenters. The van der Waals surface area contributed by atoms with Gasteiger partial charge in [0.1, 0.15) is 11.8 Å². The lowest BCUT2D eigenvalue weighted by Crippen LogP contribution is -2.31. The van der Waals surface area contributed by atoms with Crippen molar-refractivity contribution in [1.29, 1.82) is 0 Å². The second kappa shape index (κ2) is 11.6. The summed E-state index contributed by atoms with van der Waals surface area (Å²) < 4.78 is 7.05. The number of halogens is 1. The fraction of sp³-hybridized carbons (Fsp3) is 0.233. The standard InChI is InChI=1S/C30H30ClN5O2S/c1-18(2)21-8-10-22(11-9-21)27-26(28(37)33-24-12-14-25(38-4)15-13-24)19(3)32-29-34-30(35-36(27)29)39-17-20-6-5-7-23(31)16-20/h5-16,18,27H,17H2,1-4H3,(H,33,37)(H,32,34,35)/t27-/m1/s1. The Morgan fingerprint density at radius 1 is 1.13 bits per heavy atom. The van der Waals surface area contributed by atoms with Crippen LogP contribution >= 0.6 is 23.4 Å². The number of aromatic nitrogens is 3. The number of allylic oxidation sites excluding steroid dienone is 1. The van der Waals surface area contributed by atoms with Crippen molar-refractivity contribution < 1.29 is 9.53 Å². The average molecular weight is 560 g/mol. The van der Waals surface area contributed by atoms with Crippen LogP contribution in [0.4, 0.5) is 11.6 Å². The smallest absolute Gasteiger partial charge is 0.255 e. The van der Waals surface area contributed by atoms with Crippen LogP contribution < -0.4 is 15.4 Å². The number of carbonyl (C=O) groups excluding carboxylic acids is 1. The van der Waals surface area contributed by atoms with Crippen molar-refractivity contribution in [3.05, 3.63) is 106 Å². The van der Waals surface area contributed by atoms with Crippen LogP contribution in [0.25, 0.3) is 0 Å². The maximum Gasteiger partial charge on any atom is 0.255 e. The molecular weight excluding hydrogens is 530 g/mol. The summed E-state index contributed by atoms with van der Waals surface area (Å²) in [7, 11) is 1.61. The first kappa shape index (κ1) is 26.8. The molecule has 1 aromatic heterocycles. The van der Waals surface area contributed by atoms with Gasteiger partial charge in [0.2, 0.25) is 11.1 Å². The van der Waals surface area contributed by atoms with Crippen LogP contribution in [0.5, 0.6) is 5.75 Å². The molecule has 1 aliphatic heterocycles. The minimum atomic E-state index is -0.450. The fourth-order valence-corrected chi connectivity index (χ4v) is 5.49. The molecule has 1 aliphatic rings. The van der Waals surface area contributed by atoms with E-state index in [0.717, 1.165) is 22.6 Å². The Balaban J connectivity index is 1.48. The van der Waals surface area contributed by atoms with E-state index in [-0.39, 0.29) is 5.91 Å². The molecule has 39 heavy (non-hydrogen) atoms. The van der Waals surface area contributed by atoms with Gasteiger partial charge in [-0.15, -0.1) is 5.10 Å². The summed E-state index contributed by atoms with van der Waals surface area (Å²) in [6.07, 6.45) is 0. The van der Waals surface area contributed by atoms with Crippen molar-refractivity contribution >= 4 is 40.9 Å². The van der Waals surface area contributed by atoms with Crippen LogP contribution in [0, 0.1) is 0 Å². The Kier molecular flexibility index (Phi) is 7.95. The van der Waals surface area contributed by atoms with Crippen LogP contribution in [-0.4, -0.2) is 27.8 Å². The van der Waals surface area contributed by atoms with Gasteiger partial charge in [-0.05, 0) is 65.9 Å². The lowest BCUT2D eigenvalue weighted by molar-refractivity contribution is -0.113. The van der Waals surface area contributed by atoms with Gasteiger partial charge in [-0.3, -0.25) is 4.79 Å². The van der Waals surface area contributed by atoms with Gasteiger partial charge in [-0.2, -0.15) is 4.98 Å². The van der Waals surface area contributed by atoms with Gasteiger partial charge in [-0.1, -0.05) is 73.6 Å². The van der Waals surface area contributed by atoms with E-state index in [1.807, 2.05) is 55.5 Å². The zero-order chi connectivity index (χ0) is 27.5. The molecule has 0 unspecified atom stereocenters. The predicted molar refractivity (Wildman–Crippen MR) is 158 cm³/mol. The van der Waals surface area contributed by atoms with Gasteiger partial charge in [0, 0.05) is 22.2 Å². The van der Waals surface area contributed by atoms with Crippen molar-refractivity contribution in [2.24, 2.45) is 0 Å². The van der Waals surface area contributed by atoms with E-state index in [9.17, 15) is 4.79 Å². The number of anilines is 2. The molecular formula is C30H30ClN5O2S. The summed E-state index contributed by atoms with van der Waals surface area (Å²) in [6, 6.07) is 23.0. The number of nitrogens with zero attached hydrogens (tertiary/aromatic N) is 3. The molecule has 7 nitrogen and oxygen atoms in total. The topological polar surface area (TPSA) is 81.1 Å². The van der Waals surface area contributed by atoms with Gasteiger partial charge in [0.25, 0.3) is 5.91 Å². The van der Waals surface area contributed by atoms with E-state index in [2.05, 4.69) is 48.7 Å². The molecule has 1 amide bonds. The first-order valence-corrected chi connectivity index (χ1v) is 14.1. The molecule has 0 saturated carbocycles. The largest absolute Gasteiger partial charge is 0.497 e. The van der Waals surface area contributed by atoms with Crippen molar-refractivity contribution in [1.82, 2.24) is 14.8 Å². The summed E-state index contributed by atoms with van der Waals surface area (Å²) in [5, 5.41) is 12.5. The summed E-state index contributed by atoms with van der Waals surface area (Å²) in [5.74, 6) is 2.19. The van der Waals surface area contributed by atoms with Crippen LogP contribution in [0.3, 0.4) is 0 Å². The number of thioether (sulfide) groups is 1. The number of benzene rings is 3. The van der Waals surface area contributed by atoms with E-state index in [0.29, 0.717) is 39.1 Å². The monoisotopic (exact) mass is 559 g/mol. The number of rotatable bonds is 8. The summed E-state index contributed by atoms with van der Waals surface area (Å²) in [6.45, 7) is 6.22. The molecule has 0 spiro atoms. The molecule has 2 heterocycles. The lowest BCUT2D eigenvalue weighted by Gasteiger charge is -2.29. The molecule has 0 saturated heterocycles. The highest BCUT2D eigenvalue weighted by atomic mass is 35.5. The Morgan fingerprint density at radius 3 is 2.54 bits per heavy atom. The maximum atomic E-state index is 13.7. The minimum absolute atomic E-state index is 0.211.